The van der Waals surface area contributed by atoms with Crippen LogP contribution in [0, 0.1) is 0 Å². The van der Waals surface area contributed by atoms with Crippen LogP contribution in [0.4, 0.5) is 0 Å². The molecule has 90 valence electrons. The van der Waals surface area contributed by atoms with E-state index in [-0.39, 0.29) is 0 Å². The summed E-state index contributed by atoms with van der Waals surface area (Å²) >= 11 is 11.5. The summed E-state index contributed by atoms with van der Waals surface area (Å²) in [5, 5.41) is 0.831. The lowest BCUT2D eigenvalue weighted by atomic mass is 10.2. The van der Waals surface area contributed by atoms with Crippen LogP contribution in [-0.4, -0.2) is 30.0 Å². The molecule has 1 aromatic rings. The monoisotopic (exact) mass is 321 g/mol. The van der Waals surface area contributed by atoms with E-state index in [9.17, 15) is 0 Å². The minimum absolute atomic E-state index is 0.565. The van der Waals surface area contributed by atoms with Crippen LogP contribution in [0.5, 0.6) is 0 Å². The number of rotatable bonds is 5. The highest BCUT2D eigenvalue weighted by molar-refractivity contribution is 9.10. The Balaban J connectivity index is 2.65. The number of halogens is 2. The van der Waals surface area contributed by atoms with Crippen molar-refractivity contribution in [2.24, 2.45) is 0 Å². The Kier molecular flexibility index (Phi) is 6.19. The molecule has 0 aliphatic rings. The Morgan fingerprint density at radius 1 is 1.50 bits per heavy atom. The first-order chi connectivity index (χ1) is 7.54. The second-order valence-corrected chi connectivity index (χ2v) is 6.19. The van der Waals surface area contributed by atoms with E-state index in [4.69, 9.17) is 11.6 Å². The molecule has 0 saturated carbocycles. The van der Waals surface area contributed by atoms with Crippen molar-refractivity contribution >= 4 is 39.3 Å². The molecule has 16 heavy (non-hydrogen) atoms. The van der Waals surface area contributed by atoms with Gasteiger partial charge in [0.2, 0.25) is 0 Å². The van der Waals surface area contributed by atoms with Gasteiger partial charge in [-0.25, -0.2) is 0 Å². The first-order valence-corrected chi connectivity index (χ1v) is 7.74. The van der Waals surface area contributed by atoms with Gasteiger partial charge in [-0.2, -0.15) is 11.8 Å². The van der Waals surface area contributed by atoms with Crippen LogP contribution in [0.25, 0.3) is 0 Å². The minimum atomic E-state index is 0.565. The fraction of sp³-hybridized carbons (Fsp3) is 0.500. The summed E-state index contributed by atoms with van der Waals surface area (Å²) in [5.74, 6) is 1.14. The summed E-state index contributed by atoms with van der Waals surface area (Å²) in [6.45, 7) is 3.14. The van der Waals surface area contributed by atoms with Crippen molar-refractivity contribution in [1.82, 2.24) is 4.90 Å². The first-order valence-electron chi connectivity index (χ1n) is 5.17. The van der Waals surface area contributed by atoms with E-state index in [2.05, 4.69) is 47.1 Å². The van der Waals surface area contributed by atoms with Crippen molar-refractivity contribution in [3.63, 3.8) is 0 Å². The Morgan fingerprint density at radius 3 is 2.75 bits per heavy atom. The van der Waals surface area contributed by atoms with Gasteiger partial charge >= 0.3 is 0 Å². The molecule has 1 rings (SSSR count). The highest BCUT2D eigenvalue weighted by atomic mass is 79.9. The molecule has 0 aliphatic carbocycles. The third-order valence-electron chi connectivity index (χ3n) is 2.60. The molecule has 0 heterocycles. The van der Waals surface area contributed by atoms with E-state index in [0.29, 0.717) is 6.04 Å². The summed E-state index contributed by atoms with van der Waals surface area (Å²) in [6.07, 6.45) is 2.14. The quantitative estimate of drug-likeness (QED) is 0.796. The van der Waals surface area contributed by atoms with Gasteiger partial charge in [0.05, 0.1) is 0 Å². The first kappa shape index (κ1) is 14.4. The summed E-state index contributed by atoms with van der Waals surface area (Å²) in [7, 11) is 2.14. The molecule has 0 aliphatic heterocycles. The number of nitrogens with zero attached hydrogens (tertiary/aromatic N) is 1. The molecular formula is C12H17BrClNS. The second-order valence-electron chi connectivity index (χ2n) is 3.96. The summed E-state index contributed by atoms with van der Waals surface area (Å²) in [5.41, 5.74) is 1.18. The molecule has 0 amide bonds. The smallest absolute Gasteiger partial charge is 0.0462 e. The number of thioether (sulfide) groups is 1. The molecule has 1 unspecified atom stereocenters. The Morgan fingerprint density at radius 2 is 2.19 bits per heavy atom. The lowest BCUT2D eigenvalue weighted by Gasteiger charge is -2.24. The predicted octanol–water partition coefficient (Wildman–Crippen LogP) is 4.29. The highest BCUT2D eigenvalue weighted by Crippen LogP contribution is 2.23. The number of hydrogen-bond acceptors (Lipinski definition) is 2. The van der Waals surface area contributed by atoms with E-state index in [1.54, 1.807) is 0 Å². The van der Waals surface area contributed by atoms with Crippen molar-refractivity contribution in [1.29, 1.82) is 0 Å². The Labute approximate surface area is 116 Å². The third kappa shape index (κ3) is 4.28. The van der Waals surface area contributed by atoms with E-state index in [1.165, 1.54) is 5.56 Å². The van der Waals surface area contributed by atoms with Crippen LogP contribution in [0.1, 0.15) is 12.5 Å². The van der Waals surface area contributed by atoms with Crippen molar-refractivity contribution in [2.75, 3.05) is 19.1 Å². The third-order valence-corrected chi connectivity index (χ3v) is 4.26. The number of hydrogen-bond donors (Lipinski definition) is 0. The lowest BCUT2D eigenvalue weighted by molar-refractivity contribution is 0.270. The molecule has 0 saturated heterocycles. The minimum Gasteiger partial charge on any atom is -0.299 e. The molecule has 4 heteroatoms. The van der Waals surface area contributed by atoms with E-state index >= 15 is 0 Å². The van der Waals surface area contributed by atoms with Crippen LogP contribution in [0.15, 0.2) is 22.7 Å². The average molecular weight is 323 g/mol. The van der Waals surface area contributed by atoms with Gasteiger partial charge in [0.1, 0.15) is 0 Å². The molecule has 0 N–H and O–H groups in total. The molecule has 0 aromatic heterocycles. The zero-order valence-corrected chi connectivity index (χ0v) is 13.0. The van der Waals surface area contributed by atoms with Crippen LogP contribution in [0.3, 0.4) is 0 Å². The fourth-order valence-corrected chi connectivity index (χ4v) is 2.91. The van der Waals surface area contributed by atoms with Gasteiger partial charge in [0, 0.05) is 27.8 Å². The molecular weight excluding hydrogens is 306 g/mol. The zero-order chi connectivity index (χ0) is 12.1. The normalized spacial score (nSPS) is 13.1. The van der Waals surface area contributed by atoms with Gasteiger partial charge in [0.25, 0.3) is 0 Å². The van der Waals surface area contributed by atoms with Crippen LogP contribution >= 0.6 is 39.3 Å². The van der Waals surface area contributed by atoms with Gasteiger partial charge in [-0.15, -0.1) is 0 Å². The van der Waals surface area contributed by atoms with Crippen LogP contribution < -0.4 is 0 Å². The molecule has 0 radical (unpaired) electrons. The Hall–Kier alpha value is 0.300. The van der Waals surface area contributed by atoms with E-state index in [1.807, 2.05) is 23.9 Å². The summed E-state index contributed by atoms with van der Waals surface area (Å²) in [6, 6.07) is 6.63. The maximum Gasteiger partial charge on any atom is 0.0462 e. The van der Waals surface area contributed by atoms with Crippen LogP contribution in [-0.2, 0) is 6.54 Å². The van der Waals surface area contributed by atoms with Gasteiger partial charge < -0.3 is 0 Å². The van der Waals surface area contributed by atoms with Gasteiger partial charge in [0.15, 0.2) is 0 Å². The average Bonchev–Trinajstić information content (AvgIpc) is 2.22. The van der Waals surface area contributed by atoms with Gasteiger partial charge in [-0.05, 0) is 37.9 Å². The maximum atomic E-state index is 6.19. The number of benzene rings is 1. The molecule has 1 atom stereocenters. The topological polar surface area (TPSA) is 3.24 Å². The predicted molar refractivity (Wildman–Crippen MR) is 78.5 cm³/mol. The molecule has 0 fully saturated rings. The van der Waals surface area contributed by atoms with E-state index in [0.717, 1.165) is 21.8 Å². The van der Waals surface area contributed by atoms with Gasteiger partial charge in [-0.1, -0.05) is 33.6 Å². The molecule has 1 aromatic carbocycles. The van der Waals surface area contributed by atoms with Crippen LogP contribution in [0.2, 0.25) is 5.02 Å². The Bertz CT molecular complexity index is 346. The zero-order valence-electron chi connectivity index (χ0n) is 9.84. The largest absolute Gasteiger partial charge is 0.299 e. The summed E-state index contributed by atoms with van der Waals surface area (Å²) < 4.78 is 1.03. The van der Waals surface area contributed by atoms with Crippen molar-refractivity contribution in [3.05, 3.63) is 33.3 Å². The van der Waals surface area contributed by atoms with Crippen molar-refractivity contribution < 1.29 is 0 Å². The lowest BCUT2D eigenvalue weighted by Crippen LogP contribution is -2.30. The van der Waals surface area contributed by atoms with Crippen molar-refractivity contribution in [2.45, 2.75) is 19.5 Å². The second kappa shape index (κ2) is 6.90. The summed E-state index contributed by atoms with van der Waals surface area (Å²) in [4.78, 5) is 2.33. The molecule has 0 spiro atoms. The van der Waals surface area contributed by atoms with Crippen molar-refractivity contribution in [3.8, 4) is 0 Å². The van der Waals surface area contributed by atoms with Gasteiger partial charge in [-0.3, -0.25) is 4.90 Å². The highest BCUT2D eigenvalue weighted by Gasteiger charge is 2.10. The SMILES string of the molecule is CSCC(C)N(C)Cc1ccc(Br)cc1Cl. The van der Waals surface area contributed by atoms with E-state index < -0.39 is 0 Å². The maximum absolute atomic E-state index is 6.19. The molecule has 0 bridgehead atoms. The standard InChI is InChI=1S/C12H17BrClNS/c1-9(8-16-3)15(2)7-10-4-5-11(13)6-12(10)14/h4-6,9H,7-8H2,1-3H3. The fourth-order valence-electron chi connectivity index (χ4n) is 1.44. The molecule has 1 nitrogen and oxygen atoms in total.